The molecule has 0 aliphatic heterocycles. The van der Waals surface area contributed by atoms with Crippen LogP contribution in [0.5, 0.6) is 0 Å². The second-order valence-corrected chi connectivity index (χ2v) is 4.95. The van der Waals surface area contributed by atoms with Gasteiger partial charge in [0.1, 0.15) is 5.69 Å². The molecule has 0 unspecified atom stereocenters. The van der Waals surface area contributed by atoms with Crippen LogP contribution in [0.25, 0.3) is 0 Å². The van der Waals surface area contributed by atoms with Gasteiger partial charge in [-0.3, -0.25) is 9.59 Å². The van der Waals surface area contributed by atoms with Gasteiger partial charge in [-0.25, -0.2) is 4.68 Å². The van der Waals surface area contributed by atoms with Gasteiger partial charge in [-0.2, -0.15) is 5.10 Å². The molecule has 0 radical (unpaired) electrons. The highest BCUT2D eigenvalue weighted by molar-refractivity contribution is 5.91. The first-order chi connectivity index (χ1) is 9.69. The molecule has 0 bridgehead atoms. The van der Waals surface area contributed by atoms with Crippen LogP contribution in [0.2, 0.25) is 0 Å². The van der Waals surface area contributed by atoms with E-state index in [0.29, 0.717) is 18.8 Å². The minimum atomic E-state index is -0.202. The molecule has 1 heterocycles. The molecule has 5 heteroatoms. The Morgan fingerprint density at radius 3 is 2.60 bits per heavy atom. The van der Waals surface area contributed by atoms with E-state index in [-0.39, 0.29) is 11.5 Å². The molecule has 1 N–H and O–H groups in total. The van der Waals surface area contributed by atoms with Gasteiger partial charge in [0.2, 0.25) is 0 Å². The number of hydrogen-bond donors (Lipinski definition) is 1. The van der Waals surface area contributed by atoms with Crippen molar-refractivity contribution in [2.24, 2.45) is 0 Å². The maximum Gasteiger partial charge on any atom is 0.271 e. The van der Waals surface area contributed by atoms with E-state index in [1.165, 1.54) is 29.7 Å². The third kappa shape index (κ3) is 5.55. The number of aromatic nitrogens is 2. The fraction of sp³-hybridized carbons (Fsp3) is 0.667. The van der Waals surface area contributed by atoms with Gasteiger partial charge in [-0.05, 0) is 18.9 Å². The monoisotopic (exact) mass is 279 g/mol. The molecule has 0 aliphatic carbocycles. The number of nitrogens with one attached hydrogen (secondary N) is 1. The number of aryl methyl sites for hydroxylation is 1. The molecule has 0 spiro atoms. The number of amides is 1. The van der Waals surface area contributed by atoms with Crippen LogP contribution in [0.4, 0.5) is 0 Å². The highest BCUT2D eigenvalue weighted by Crippen LogP contribution is 1.98. The number of carbonyl (C=O) groups is 1. The lowest BCUT2D eigenvalue weighted by atomic mass is 10.2. The highest BCUT2D eigenvalue weighted by atomic mass is 16.2. The molecule has 0 atom stereocenters. The Morgan fingerprint density at radius 2 is 1.90 bits per heavy atom. The Bertz CT molecular complexity index is 468. The summed E-state index contributed by atoms with van der Waals surface area (Å²) in [5.41, 5.74) is 0.161. The Morgan fingerprint density at radius 1 is 1.15 bits per heavy atom. The Kier molecular flexibility index (Phi) is 7.62. The smallest absolute Gasteiger partial charge is 0.271 e. The van der Waals surface area contributed by atoms with Gasteiger partial charge < -0.3 is 5.32 Å². The van der Waals surface area contributed by atoms with Gasteiger partial charge in [0.15, 0.2) is 0 Å². The maximum absolute atomic E-state index is 11.9. The Hall–Kier alpha value is -1.65. The lowest BCUT2D eigenvalue weighted by Crippen LogP contribution is -2.30. The lowest BCUT2D eigenvalue weighted by Gasteiger charge is -2.07. The van der Waals surface area contributed by atoms with E-state index in [2.05, 4.69) is 24.3 Å². The zero-order valence-electron chi connectivity index (χ0n) is 12.5. The molecule has 1 aromatic heterocycles. The number of hydrogen-bond acceptors (Lipinski definition) is 3. The molecule has 112 valence electrons. The topological polar surface area (TPSA) is 64.0 Å². The Balaban J connectivity index is 2.53. The molecular formula is C15H25N3O2. The molecule has 1 amide bonds. The van der Waals surface area contributed by atoms with E-state index in [0.717, 1.165) is 25.7 Å². The van der Waals surface area contributed by atoms with E-state index in [1.807, 2.05) is 0 Å². The number of nitrogens with zero attached hydrogens (tertiary/aromatic N) is 2. The maximum atomic E-state index is 11.9. The first-order valence-corrected chi connectivity index (χ1v) is 7.55. The van der Waals surface area contributed by atoms with Gasteiger partial charge in [0.25, 0.3) is 11.5 Å². The average molecular weight is 279 g/mol. The van der Waals surface area contributed by atoms with Crippen molar-refractivity contribution in [3.8, 4) is 0 Å². The molecule has 0 saturated heterocycles. The second kappa shape index (κ2) is 9.28. The first-order valence-electron chi connectivity index (χ1n) is 7.55. The molecule has 1 rings (SSSR count). The molecule has 5 nitrogen and oxygen atoms in total. The van der Waals surface area contributed by atoms with Gasteiger partial charge in [-0.1, -0.05) is 39.5 Å². The van der Waals surface area contributed by atoms with Gasteiger partial charge in [0, 0.05) is 19.2 Å². The predicted octanol–water partition coefficient (Wildman–Crippen LogP) is 2.35. The van der Waals surface area contributed by atoms with Crippen LogP contribution in [0, 0.1) is 0 Å². The summed E-state index contributed by atoms with van der Waals surface area (Å²) in [4.78, 5) is 23.5. The fourth-order valence-electron chi connectivity index (χ4n) is 1.88. The summed E-state index contributed by atoms with van der Waals surface area (Å²) in [5.74, 6) is -0.202. The normalized spacial score (nSPS) is 10.5. The summed E-state index contributed by atoms with van der Waals surface area (Å²) in [6.45, 7) is 5.43. The first kappa shape index (κ1) is 16.4. The van der Waals surface area contributed by atoms with Gasteiger partial charge >= 0.3 is 0 Å². The number of rotatable bonds is 9. The molecule has 0 aliphatic rings. The third-order valence-corrected chi connectivity index (χ3v) is 3.14. The summed E-state index contributed by atoms with van der Waals surface area (Å²) in [6.07, 6.45) is 6.35. The summed E-state index contributed by atoms with van der Waals surface area (Å²) in [7, 11) is 0. The number of unbranched alkanes of at least 4 members (excludes halogenated alkanes) is 4. The summed E-state index contributed by atoms with van der Waals surface area (Å²) in [6, 6.07) is 2.90. The van der Waals surface area contributed by atoms with E-state index < -0.39 is 0 Å². The van der Waals surface area contributed by atoms with Crippen LogP contribution in [0.3, 0.4) is 0 Å². The van der Waals surface area contributed by atoms with Crippen molar-refractivity contribution in [1.29, 1.82) is 0 Å². The van der Waals surface area contributed by atoms with Gasteiger partial charge in [-0.15, -0.1) is 0 Å². The van der Waals surface area contributed by atoms with Crippen LogP contribution in [-0.4, -0.2) is 22.2 Å². The van der Waals surface area contributed by atoms with Gasteiger partial charge in [0.05, 0.1) is 0 Å². The van der Waals surface area contributed by atoms with Crippen molar-refractivity contribution in [2.75, 3.05) is 6.54 Å². The van der Waals surface area contributed by atoms with Crippen LogP contribution >= 0.6 is 0 Å². The van der Waals surface area contributed by atoms with Crippen molar-refractivity contribution in [3.05, 3.63) is 28.2 Å². The number of carbonyl (C=O) groups excluding carboxylic acids is 1. The van der Waals surface area contributed by atoms with E-state index in [9.17, 15) is 9.59 Å². The van der Waals surface area contributed by atoms with E-state index >= 15 is 0 Å². The zero-order chi connectivity index (χ0) is 14.8. The van der Waals surface area contributed by atoms with Crippen molar-refractivity contribution in [3.63, 3.8) is 0 Å². The molecule has 1 aromatic rings. The standard InChI is InChI=1S/C15H25N3O2/c1-3-5-7-8-11-16-15(20)13-9-10-14(19)18(17-13)12-6-4-2/h9-10H,3-8,11-12H2,1-2H3,(H,16,20). The summed E-state index contributed by atoms with van der Waals surface area (Å²) >= 11 is 0. The zero-order valence-corrected chi connectivity index (χ0v) is 12.5. The van der Waals surface area contributed by atoms with Crippen LogP contribution in [0.15, 0.2) is 16.9 Å². The highest BCUT2D eigenvalue weighted by Gasteiger charge is 2.08. The summed E-state index contributed by atoms with van der Waals surface area (Å²) < 4.78 is 1.37. The van der Waals surface area contributed by atoms with Crippen molar-refractivity contribution in [1.82, 2.24) is 15.1 Å². The predicted molar refractivity (Wildman–Crippen MR) is 79.9 cm³/mol. The molecule has 0 saturated carbocycles. The minimum absolute atomic E-state index is 0.155. The minimum Gasteiger partial charge on any atom is -0.351 e. The molecular weight excluding hydrogens is 254 g/mol. The SMILES string of the molecule is CCCCCCNC(=O)c1ccc(=O)n(CCCC)n1. The molecule has 0 aromatic carbocycles. The van der Waals surface area contributed by atoms with E-state index in [4.69, 9.17) is 0 Å². The lowest BCUT2D eigenvalue weighted by molar-refractivity contribution is 0.0945. The quantitative estimate of drug-likeness (QED) is 0.706. The van der Waals surface area contributed by atoms with Crippen molar-refractivity contribution < 1.29 is 4.79 Å². The van der Waals surface area contributed by atoms with Crippen molar-refractivity contribution in [2.45, 2.75) is 58.9 Å². The van der Waals surface area contributed by atoms with Crippen LogP contribution < -0.4 is 10.9 Å². The largest absolute Gasteiger partial charge is 0.351 e. The Labute approximate surface area is 120 Å². The second-order valence-electron chi connectivity index (χ2n) is 4.95. The third-order valence-electron chi connectivity index (χ3n) is 3.14. The summed E-state index contributed by atoms with van der Waals surface area (Å²) in [5, 5.41) is 6.96. The average Bonchev–Trinajstić information content (AvgIpc) is 2.46. The van der Waals surface area contributed by atoms with Crippen molar-refractivity contribution >= 4 is 5.91 Å². The fourth-order valence-corrected chi connectivity index (χ4v) is 1.88. The van der Waals surface area contributed by atoms with Crippen LogP contribution in [-0.2, 0) is 6.54 Å². The molecule has 0 fully saturated rings. The van der Waals surface area contributed by atoms with E-state index in [1.54, 1.807) is 0 Å². The molecule has 20 heavy (non-hydrogen) atoms. The van der Waals surface area contributed by atoms with Crippen LogP contribution in [0.1, 0.15) is 62.9 Å².